The van der Waals surface area contributed by atoms with Crippen LogP contribution in [0.3, 0.4) is 0 Å². The molecule has 1 heterocycles. The molecule has 0 atom stereocenters. The topological polar surface area (TPSA) is 101 Å². The Bertz CT molecular complexity index is 1360. The number of aromatic nitrogens is 1. The average molecular weight is 478 g/mol. The summed E-state index contributed by atoms with van der Waals surface area (Å²) in [4.78, 5) is 17.2. The van der Waals surface area contributed by atoms with Crippen LogP contribution in [-0.2, 0) is 22.9 Å². The summed E-state index contributed by atoms with van der Waals surface area (Å²) in [6.45, 7) is 2.27. The fourth-order valence-electron chi connectivity index (χ4n) is 3.54. The van der Waals surface area contributed by atoms with Crippen molar-refractivity contribution in [2.45, 2.75) is 37.5 Å². The lowest BCUT2D eigenvalue weighted by Gasteiger charge is -2.07. The fraction of sp³-hybridized carbons (Fsp3) is 0.231. The third-order valence-electron chi connectivity index (χ3n) is 5.41. The number of carbonyl (C=O) groups excluding carboxylic acids is 1. The van der Waals surface area contributed by atoms with E-state index in [0.717, 1.165) is 24.8 Å². The molecule has 0 spiro atoms. The molecule has 4 rings (SSSR count). The summed E-state index contributed by atoms with van der Waals surface area (Å²) in [6, 6.07) is 21.2. The Morgan fingerprint density at radius 2 is 1.74 bits per heavy atom. The highest BCUT2D eigenvalue weighted by Gasteiger charge is 2.15. The zero-order chi connectivity index (χ0) is 24.0. The number of nitrogens with zero attached hydrogens (tertiary/aromatic N) is 1. The Morgan fingerprint density at radius 1 is 0.971 bits per heavy atom. The van der Waals surface area contributed by atoms with Crippen LogP contribution in [0.1, 0.15) is 41.6 Å². The van der Waals surface area contributed by atoms with Crippen LogP contribution >= 0.6 is 0 Å². The van der Waals surface area contributed by atoms with E-state index < -0.39 is 10.0 Å². The van der Waals surface area contributed by atoms with Crippen LogP contribution < -0.4 is 10.0 Å². The molecule has 0 radical (unpaired) electrons. The minimum atomic E-state index is -3.62. The van der Waals surface area contributed by atoms with Gasteiger partial charge in [-0.05, 0) is 60.9 Å². The van der Waals surface area contributed by atoms with E-state index in [1.165, 1.54) is 0 Å². The highest BCUT2D eigenvalue weighted by molar-refractivity contribution is 7.89. The first kappa shape index (κ1) is 23.7. The number of fused-ring (bicyclic) bond motifs is 1. The number of rotatable bonds is 10. The Balaban J connectivity index is 1.36. The van der Waals surface area contributed by atoms with E-state index in [-0.39, 0.29) is 23.8 Å². The van der Waals surface area contributed by atoms with Crippen molar-refractivity contribution in [3.8, 4) is 0 Å². The van der Waals surface area contributed by atoms with Crippen LogP contribution in [0.25, 0.3) is 11.1 Å². The van der Waals surface area contributed by atoms with Gasteiger partial charge < -0.3 is 9.73 Å². The molecule has 0 bridgehead atoms. The summed E-state index contributed by atoms with van der Waals surface area (Å²) in [5.41, 5.74) is 3.37. The number of hydrogen-bond donors (Lipinski definition) is 2. The molecule has 4 aromatic rings. The number of sulfonamides is 1. The summed E-state index contributed by atoms with van der Waals surface area (Å²) in [5.74, 6) is 0.152. The monoisotopic (exact) mass is 477 g/mol. The number of aryl methyl sites for hydroxylation is 1. The second kappa shape index (κ2) is 10.6. The van der Waals surface area contributed by atoms with Gasteiger partial charge in [0.15, 0.2) is 11.5 Å². The van der Waals surface area contributed by atoms with Gasteiger partial charge in [-0.3, -0.25) is 4.79 Å². The first-order valence-electron chi connectivity index (χ1n) is 11.3. The van der Waals surface area contributed by atoms with Crippen molar-refractivity contribution in [3.63, 3.8) is 0 Å². The molecule has 8 heteroatoms. The summed E-state index contributed by atoms with van der Waals surface area (Å²) in [6.07, 6.45) is 3.40. The molecule has 1 aromatic heterocycles. The smallest absolute Gasteiger partial charge is 0.255 e. The summed E-state index contributed by atoms with van der Waals surface area (Å²) in [5, 5.41) is 2.84. The summed E-state index contributed by atoms with van der Waals surface area (Å²) < 4.78 is 33.5. The molecule has 0 saturated carbocycles. The van der Waals surface area contributed by atoms with Crippen LogP contribution in [0.2, 0.25) is 0 Å². The first-order valence-corrected chi connectivity index (χ1v) is 12.8. The maximum atomic E-state index is 12.6. The third kappa shape index (κ3) is 5.89. The Morgan fingerprint density at radius 3 is 2.47 bits per heavy atom. The number of carbonyl (C=O) groups is 1. The first-order chi connectivity index (χ1) is 16.4. The van der Waals surface area contributed by atoms with E-state index in [4.69, 9.17) is 4.42 Å². The number of hydrogen-bond acceptors (Lipinski definition) is 5. The van der Waals surface area contributed by atoms with Gasteiger partial charge in [-0.1, -0.05) is 43.7 Å². The molecule has 7 nitrogen and oxygen atoms in total. The van der Waals surface area contributed by atoms with Gasteiger partial charge in [0.1, 0.15) is 5.52 Å². The van der Waals surface area contributed by atoms with Crippen LogP contribution in [0.5, 0.6) is 0 Å². The van der Waals surface area contributed by atoms with E-state index in [0.29, 0.717) is 28.2 Å². The highest BCUT2D eigenvalue weighted by atomic mass is 32.2. The Kier molecular flexibility index (Phi) is 7.40. The maximum Gasteiger partial charge on any atom is 0.255 e. The van der Waals surface area contributed by atoms with Crippen LogP contribution in [-0.4, -0.2) is 25.9 Å². The number of unbranched alkanes of at least 4 members (excludes halogenated alkanes) is 1. The van der Waals surface area contributed by atoms with E-state index in [9.17, 15) is 13.2 Å². The Labute approximate surface area is 199 Å². The number of oxazole rings is 1. The van der Waals surface area contributed by atoms with Gasteiger partial charge >= 0.3 is 0 Å². The van der Waals surface area contributed by atoms with Gasteiger partial charge in [-0.25, -0.2) is 18.1 Å². The number of anilines is 1. The quantitative estimate of drug-likeness (QED) is 0.337. The second-order valence-electron chi connectivity index (χ2n) is 8.01. The number of para-hydroxylation sites is 1. The van der Waals surface area contributed by atoms with Gasteiger partial charge in [0.05, 0.1) is 4.90 Å². The average Bonchev–Trinajstić information content (AvgIpc) is 3.25. The summed E-state index contributed by atoms with van der Waals surface area (Å²) >= 11 is 0. The number of amides is 1. The van der Waals surface area contributed by atoms with Crippen molar-refractivity contribution in [3.05, 3.63) is 89.8 Å². The van der Waals surface area contributed by atoms with Crippen molar-refractivity contribution >= 4 is 32.7 Å². The molecule has 0 fully saturated rings. The molecule has 176 valence electrons. The molecule has 0 aliphatic rings. The van der Waals surface area contributed by atoms with E-state index in [2.05, 4.69) is 21.9 Å². The lowest BCUT2D eigenvalue weighted by atomic mass is 10.1. The standard InChI is InChI=1S/C26H27N3O4S/c1-2-3-7-19-10-13-22(14-11-19)34(31,32)27-17-16-25-29-23-18-20(12-15-24(23)33-25)26(30)28-21-8-5-4-6-9-21/h4-6,8-15,18,27H,2-3,7,16-17H2,1H3,(H,28,30). The van der Waals surface area contributed by atoms with E-state index in [1.807, 2.05) is 42.5 Å². The van der Waals surface area contributed by atoms with Crippen molar-refractivity contribution in [2.75, 3.05) is 11.9 Å². The van der Waals surface area contributed by atoms with E-state index in [1.54, 1.807) is 30.3 Å². The highest BCUT2D eigenvalue weighted by Crippen LogP contribution is 2.19. The molecular weight excluding hydrogens is 450 g/mol. The van der Waals surface area contributed by atoms with Crippen molar-refractivity contribution in [1.29, 1.82) is 0 Å². The lowest BCUT2D eigenvalue weighted by Crippen LogP contribution is -2.26. The minimum Gasteiger partial charge on any atom is -0.441 e. The maximum absolute atomic E-state index is 12.6. The molecule has 0 aliphatic carbocycles. The van der Waals surface area contributed by atoms with Gasteiger partial charge in [-0.2, -0.15) is 0 Å². The lowest BCUT2D eigenvalue weighted by molar-refractivity contribution is 0.102. The van der Waals surface area contributed by atoms with Gasteiger partial charge in [0.25, 0.3) is 5.91 Å². The normalized spacial score (nSPS) is 11.6. The number of nitrogens with one attached hydrogen (secondary N) is 2. The Hall–Kier alpha value is -3.49. The molecule has 0 unspecified atom stereocenters. The molecular formula is C26H27N3O4S. The minimum absolute atomic E-state index is 0.147. The molecule has 2 N–H and O–H groups in total. The molecule has 3 aromatic carbocycles. The molecule has 0 saturated heterocycles. The zero-order valence-corrected chi connectivity index (χ0v) is 19.8. The van der Waals surface area contributed by atoms with Crippen LogP contribution in [0.4, 0.5) is 5.69 Å². The second-order valence-corrected chi connectivity index (χ2v) is 9.77. The summed E-state index contributed by atoms with van der Waals surface area (Å²) in [7, 11) is -3.62. The largest absolute Gasteiger partial charge is 0.441 e. The van der Waals surface area contributed by atoms with Gasteiger partial charge in [0.2, 0.25) is 10.0 Å². The third-order valence-corrected chi connectivity index (χ3v) is 6.89. The predicted molar refractivity (Wildman–Crippen MR) is 132 cm³/mol. The molecule has 1 amide bonds. The van der Waals surface area contributed by atoms with Crippen molar-refractivity contribution in [2.24, 2.45) is 0 Å². The fourth-order valence-corrected chi connectivity index (χ4v) is 4.57. The van der Waals surface area contributed by atoms with Crippen LogP contribution in [0, 0.1) is 0 Å². The molecule has 34 heavy (non-hydrogen) atoms. The predicted octanol–water partition coefficient (Wildman–Crippen LogP) is 4.94. The number of benzene rings is 3. The molecule has 0 aliphatic heterocycles. The van der Waals surface area contributed by atoms with Gasteiger partial charge in [0, 0.05) is 24.2 Å². The van der Waals surface area contributed by atoms with Crippen LogP contribution in [0.15, 0.2) is 82.1 Å². The van der Waals surface area contributed by atoms with Crippen molar-refractivity contribution < 1.29 is 17.6 Å². The SMILES string of the molecule is CCCCc1ccc(S(=O)(=O)NCCc2nc3cc(C(=O)Nc4ccccc4)ccc3o2)cc1. The van der Waals surface area contributed by atoms with E-state index >= 15 is 0 Å². The zero-order valence-electron chi connectivity index (χ0n) is 19.0. The van der Waals surface area contributed by atoms with Gasteiger partial charge in [-0.15, -0.1) is 0 Å². The van der Waals surface area contributed by atoms with Crippen molar-refractivity contribution in [1.82, 2.24) is 9.71 Å².